The van der Waals surface area contributed by atoms with Gasteiger partial charge in [-0.2, -0.15) is 8.42 Å². The van der Waals surface area contributed by atoms with Crippen LogP contribution >= 0.6 is 0 Å². The molecule has 1 aliphatic rings. The van der Waals surface area contributed by atoms with Crippen molar-refractivity contribution in [2.75, 3.05) is 17.5 Å². The molecule has 6 nitrogen and oxygen atoms in total. The Morgan fingerprint density at radius 3 is 2.84 bits per heavy atom. The zero-order valence-electron chi connectivity index (χ0n) is 13.8. The second-order valence-electron chi connectivity index (χ2n) is 5.44. The molecule has 1 aliphatic heterocycles. The van der Waals surface area contributed by atoms with Crippen LogP contribution in [0.25, 0.3) is 6.08 Å². The van der Waals surface area contributed by atoms with Crippen LogP contribution in [0.3, 0.4) is 0 Å². The highest BCUT2D eigenvalue weighted by Crippen LogP contribution is 2.36. The van der Waals surface area contributed by atoms with Crippen molar-refractivity contribution in [3.8, 4) is 0 Å². The molecule has 0 saturated carbocycles. The van der Waals surface area contributed by atoms with Gasteiger partial charge in [-0.05, 0) is 42.7 Å². The molecule has 0 spiro atoms. The maximum Gasteiger partial charge on any atom is 0.330 e. The number of benzene rings is 1. The minimum Gasteiger partial charge on any atom is -0.463 e. The molecule has 130 valence electrons. The highest BCUT2D eigenvalue weighted by Gasteiger charge is 2.33. The highest BCUT2D eigenvalue weighted by molar-refractivity contribution is 7.92. The van der Waals surface area contributed by atoms with Gasteiger partial charge >= 0.3 is 5.97 Å². The lowest BCUT2D eigenvalue weighted by Crippen LogP contribution is -2.30. The number of pyridine rings is 1. The van der Waals surface area contributed by atoms with Crippen LogP contribution in [0.4, 0.5) is 5.69 Å². The average Bonchev–Trinajstić information content (AvgIpc) is 3.06. The molecule has 0 aliphatic carbocycles. The van der Waals surface area contributed by atoms with Crippen molar-refractivity contribution in [1.82, 2.24) is 4.98 Å². The van der Waals surface area contributed by atoms with Crippen LogP contribution in [-0.2, 0) is 26.0 Å². The van der Waals surface area contributed by atoms with Gasteiger partial charge in [0.15, 0.2) is 5.03 Å². The van der Waals surface area contributed by atoms with E-state index in [4.69, 9.17) is 4.74 Å². The summed E-state index contributed by atoms with van der Waals surface area (Å²) >= 11 is 0. The summed E-state index contributed by atoms with van der Waals surface area (Å²) in [7, 11) is -3.75. The number of hydrogen-bond acceptors (Lipinski definition) is 5. The van der Waals surface area contributed by atoms with Gasteiger partial charge in [-0.1, -0.05) is 24.3 Å². The van der Waals surface area contributed by atoms with E-state index in [1.807, 2.05) is 12.1 Å². The predicted octanol–water partition coefficient (Wildman–Crippen LogP) is 2.41. The number of esters is 1. The standard InChI is InChI=1S/C18H18N2O4S/c1-2-24-17(21)10-9-14-6-5-7-15-11-13-20(18(14)15)25(22,23)16-8-3-4-12-19-16/h3-10,12H,2,11,13H2,1H3/b10-9+. The predicted molar refractivity (Wildman–Crippen MR) is 94.6 cm³/mol. The Labute approximate surface area is 146 Å². The molecule has 0 saturated heterocycles. The van der Waals surface area contributed by atoms with Crippen LogP contribution in [0, 0.1) is 0 Å². The van der Waals surface area contributed by atoms with Crippen molar-refractivity contribution < 1.29 is 17.9 Å². The molecule has 0 fully saturated rings. The fourth-order valence-electron chi connectivity index (χ4n) is 2.79. The number of carbonyl (C=O) groups excluding carboxylic acids is 1. The smallest absolute Gasteiger partial charge is 0.330 e. The Hall–Kier alpha value is -2.67. The molecule has 2 heterocycles. The molecule has 1 aromatic carbocycles. The van der Waals surface area contributed by atoms with Gasteiger partial charge in [-0.15, -0.1) is 0 Å². The molecule has 25 heavy (non-hydrogen) atoms. The van der Waals surface area contributed by atoms with Crippen molar-refractivity contribution in [3.63, 3.8) is 0 Å². The van der Waals surface area contributed by atoms with Gasteiger partial charge in [0.1, 0.15) is 0 Å². The van der Waals surface area contributed by atoms with Crippen LogP contribution in [0.2, 0.25) is 0 Å². The Balaban J connectivity index is 2.01. The van der Waals surface area contributed by atoms with Crippen molar-refractivity contribution >= 4 is 27.8 Å². The molecule has 0 bridgehead atoms. The van der Waals surface area contributed by atoms with Gasteiger partial charge in [0.05, 0.1) is 12.3 Å². The number of para-hydroxylation sites is 1. The quantitative estimate of drug-likeness (QED) is 0.606. The minimum absolute atomic E-state index is 0.00650. The average molecular weight is 358 g/mol. The van der Waals surface area contributed by atoms with Crippen LogP contribution in [0.5, 0.6) is 0 Å². The van der Waals surface area contributed by atoms with Crippen molar-refractivity contribution in [1.29, 1.82) is 0 Å². The summed E-state index contributed by atoms with van der Waals surface area (Å²) in [6.07, 6.45) is 4.96. The summed E-state index contributed by atoms with van der Waals surface area (Å²) < 4.78 is 32.1. The normalized spacial score (nSPS) is 13.9. The van der Waals surface area contributed by atoms with Gasteiger partial charge < -0.3 is 4.74 Å². The second kappa shape index (κ2) is 7.06. The zero-order valence-corrected chi connectivity index (χ0v) is 14.6. The lowest BCUT2D eigenvalue weighted by atomic mass is 10.1. The van der Waals surface area contributed by atoms with Crippen molar-refractivity contribution in [2.45, 2.75) is 18.4 Å². The van der Waals surface area contributed by atoms with E-state index in [9.17, 15) is 13.2 Å². The monoisotopic (exact) mass is 358 g/mol. The number of ether oxygens (including phenoxy) is 1. The Morgan fingerprint density at radius 1 is 1.28 bits per heavy atom. The number of sulfonamides is 1. The number of rotatable bonds is 5. The molecule has 0 amide bonds. The SMILES string of the molecule is CCOC(=O)/C=C/c1cccc2c1N(S(=O)(=O)c1ccccn1)CC2. The molecular formula is C18H18N2O4S. The molecule has 3 rings (SSSR count). The molecule has 0 N–H and O–H groups in total. The molecule has 7 heteroatoms. The topological polar surface area (TPSA) is 76.6 Å². The van der Waals surface area contributed by atoms with E-state index < -0.39 is 16.0 Å². The molecule has 1 aromatic heterocycles. The number of fused-ring (bicyclic) bond motifs is 1. The fraction of sp³-hybridized carbons (Fsp3) is 0.222. The summed E-state index contributed by atoms with van der Waals surface area (Å²) in [6.45, 7) is 2.36. The van der Waals surface area contributed by atoms with Crippen LogP contribution in [0.15, 0.2) is 53.7 Å². The summed E-state index contributed by atoms with van der Waals surface area (Å²) in [4.78, 5) is 15.5. The summed E-state index contributed by atoms with van der Waals surface area (Å²) in [6, 6.07) is 10.3. The third-order valence-electron chi connectivity index (χ3n) is 3.86. The van der Waals surface area contributed by atoms with E-state index in [-0.39, 0.29) is 11.6 Å². The fourth-order valence-corrected chi connectivity index (χ4v) is 4.25. The third kappa shape index (κ3) is 3.41. The summed E-state index contributed by atoms with van der Waals surface area (Å²) in [5.74, 6) is -0.461. The van der Waals surface area contributed by atoms with E-state index in [1.165, 1.54) is 22.6 Å². The molecule has 0 unspecified atom stereocenters. The summed E-state index contributed by atoms with van der Waals surface area (Å²) in [5.41, 5.74) is 2.17. The maximum atomic E-state index is 12.9. The second-order valence-corrected chi connectivity index (χ2v) is 7.24. The number of carbonyl (C=O) groups is 1. The maximum absolute atomic E-state index is 12.9. The van der Waals surface area contributed by atoms with E-state index in [1.54, 1.807) is 31.2 Å². The van der Waals surface area contributed by atoms with Crippen molar-refractivity contribution in [2.24, 2.45) is 0 Å². The first kappa shape index (κ1) is 17.2. The van der Waals surface area contributed by atoms with E-state index in [0.717, 1.165) is 5.56 Å². The van der Waals surface area contributed by atoms with E-state index in [0.29, 0.717) is 24.2 Å². The van der Waals surface area contributed by atoms with Gasteiger partial charge in [0, 0.05) is 18.8 Å². The lowest BCUT2D eigenvalue weighted by Gasteiger charge is -2.20. The number of nitrogens with zero attached hydrogens (tertiary/aromatic N) is 2. The molecule has 2 aromatic rings. The van der Waals surface area contributed by atoms with E-state index >= 15 is 0 Å². The van der Waals surface area contributed by atoms with Gasteiger partial charge in [-0.25, -0.2) is 9.78 Å². The zero-order chi connectivity index (χ0) is 17.9. The number of hydrogen-bond donors (Lipinski definition) is 0. The molecule has 0 radical (unpaired) electrons. The lowest BCUT2D eigenvalue weighted by molar-refractivity contribution is -0.137. The highest BCUT2D eigenvalue weighted by atomic mass is 32.2. The third-order valence-corrected chi connectivity index (χ3v) is 5.58. The Bertz CT molecular complexity index is 908. The molecular weight excluding hydrogens is 340 g/mol. The first-order valence-corrected chi connectivity index (χ1v) is 9.38. The summed E-state index contributed by atoms with van der Waals surface area (Å²) in [5, 5.41) is 0.00650. The number of anilines is 1. The first-order chi connectivity index (χ1) is 12.0. The Morgan fingerprint density at radius 2 is 2.12 bits per heavy atom. The van der Waals surface area contributed by atoms with Crippen LogP contribution in [-0.4, -0.2) is 32.5 Å². The number of aromatic nitrogens is 1. The largest absolute Gasteiger partial charge is 0.463 e. The van der Waals surface area contributed by atoms with Gasteiger partial charge in [-0.3, -0.25) is 4.31 Å². The van der Waals surface area contributed by atoms with Gasteiger partial charge in [0.25, 0.3) is 10.0 Å². The molecule has 0 atom stereocenters. The Kier molecular flexibility index (Phi) is 4.85. The first-order valence-electron chi connectivity index (χ1n) is 7.94. The van der Waals surface area contributed by atoms with Crippen molar-refractivity contribution in [3.05, 3.63) is 59.8 Å². The van der Waals surface area contributed by atoms with Crippen LogP contribution < -0.4 is 4.31 Å². The minimum atomic E-state index is -3.75. The van der Waals surface area contributed by atoms with Crippen LogP contribution in [0.1, 0.15) is 18.1 Å². The van der Waals surface area contributed by atoms with Gasteiger partial charge in [0.2, 0.25) is 0 Å². The van der Waals surface area contributed by atoms with E-state index in [2.05, 4.69) is 4.98 Å².